The van der Waals surface area contributed by atoms with Crippen LogP contribution in [0.15, 0.2) is 47.4 Å². The lowest BCUT2D eigenvalue weighted by atomic mass is 9.83. The summed E-state index contributed by atoms with van der Waals surface area (Å²) in [5.41, 5.74) is 1.84. The highest BCUT2D eigenvalue weighted by molar-refractivity contribution is 7.89. The second-order valence-corrected chi connectivity index (χ2v) is 11.1. The molecular formula is C26H31FN2O6S. The summed E-state index contributed by atoms with van der Waals surface area (Å²) in [5, 5.41) is 0. The molecule has 2 aromatic rings. The van der Waals surface area contributed by atoms with Crippen LogP contribution >= 0.6 is 0 Å². The summed E-state index contributed by atoms with van der Waals surface area (Å²) in [5.74, 6) is -3.92. The predicted molar refractivity (Wildman–Crippen MR) is 130 cm³/mol. The number of piperidine rings is 1. The number of aryl methyl sites for hydroxylation is 1. The number of carbonyl (C=O) groups excluding carboxylic acids is 2. The van der Waals surface area contributed by atoms with Crippen molar-refractivity contribution in [3.8, 4) is 0 Å². The third-order valence-corrected chi connectivity index (χ3v) is 8.94. The molecule has 2 aliphatic heterocycles. The first-order valence-corrected chi connectivity index (χ1v) is 13.4. The first-order chi connectivity index (χ1) is 17.2. The number of rotatable bonds is 6. The Morgan fingerprint density at radius 1 is 0.944 bits per heavy atom. The number of fused-ring (bicyclic) bond motifs is 1. The Hall–Kier alpha value is -2.82. The molecule has 2 heterocycles. The van der Waals surface area contributed by atoms with Crippen molar-refractivity contribution in [3.63, 3.8) is 0 Å². The van der Waals surface area contributed by atoms with Gasteiger partial charge in [-0.05, 0) is 68.2 Å². The van der Waals surface area contributed by atoms with Crippen molar-refractivity contribution in [2.75, 3.05) is 33.9 Å². The van der Waals surface area contributed by atoms with Gasteiger partial charge in [-0.15, -0.1) is 0 Å². The number of sulfonamides is 1. The lowest BCUT2D eigenvalue weighted by molar-refractivity contribution is -0.161. The Kier molecular flexibility index (Phi) is 7.77. The van der Waals surface area contributed by atoms with E-state index in [-0.39, 0.29) is 11.4 Å². The Morgan fingerprint density at radius 3 is 2.14 bits per heavy atom. The molecule has 2 aliphatic rings. The number of hydrogen-bond donors (Lipinski definition) is 0. The third kappa shape index (κ3) is 4.89. The number of esters is 2. The van der Waals surface area contributed by atoms with Gasteiger partial charge in [0.15, 0.2) is 5.92 Å². The van der Waals surface area contributed by atoms with E-state index in [1.165, 1.54) is 34.6 Å². The summed E-state index contributed by atoms with van der Waals surface area (Å²) in [7, 11) is -1.93. The maximum atomic E-state index is 14.5. The van der Waals surface area contributed by atoms with Gasteiger partial charge < -0.3 is 9.47 Å². The summed E-state index contributed by atoms with van der Waals surface area (Å²) in [6, 6.07) is 8.73. The van der Waals surface area contributed by atoms with Crippen LogP contribution in [-0.2, 0) is 29.1 Å². The number of carbonyl (C=O) groups is 2. The van der Waals surface area contributed by atoms with Gasteiger partial charge in [-0.3, -0.25) is 14.5 Å². The minimum absolute atomic E-state index is 0.0366. The molecule has 2 unspecified atom stereocenters. The zero-order valence-electron chi connectivity index (χ0n) is 20.6. The fourth-order valence-corrected chi connectivity index (χ4v) is 6.85. The maximum absolute atomic E-state index is 14.5. The lowest BCUT2D eigenvalue weighted by Gasteiger charge is -2.46. The minimum atomic E-state index is -4.18. The van der Waals surface area contributed by atoms with E-state index < -0.39 is 45.8 Å². The predicted octanol–water partition coefficient (Wildman–Crippen LogP) is 3.37. The molecule has 8 nitrogen and oxygen atoms in total. The molecule has 36 heavy (non-hydrogen) atoms. The molecule has 0 saturated carbocycles. The Morgan fingerprint density at radius 2 is 1.56 bits per heavy atom. The standard InChI is InChI=1S/C26H31FN2O6S/c1-17-7-10-19(11-8-17)36(32,33)29-16-22(28-13-5-4-6-14-28)21-15-18(27)9-12-20(21)24(29)23(25(30)34-2)26(31)35-3/h7-12,15,22-24H,4-6,13-14,16H2,1-3H3. The zero-order valence-corrected chi connectivity index (χ0v) is 21.5. The van der Waals surface area contributed by atoms with E-state index in [2.05, 4.69) is 4.90 Å². The number of hydrogen-bond acceptors (Lipinski definition) is 7. The van der Waals surface area contributed by atoms with E-state index in [0.717, 1.165) is 52.1 Å². The molecule has 194 valence electrons. The van der Waals surface area contributed by atoms with Gasteiger partial charge in [0, 0.05) is 12.6 Å². The van der Waals surface area contributed by atoms with Crippen LogP contribution in [0.2, 0.25) is 0 Å². The van der Waals surface area contributed by atoms with E-state index in [9.17, 15) is 22.4 Å². The number of methoxy groups -OCH3 is 2. The molecule has 0 amide bonds. The van der Waals surface area contributed by atoms with Crippen LogP contribution in [-0.4, -0.2) is 63.4 Å². The van der Waals surface area contributed by atoms with Crippen molar-refractivity contribution in [1.82, 2.24) is 9.21 Å². The number of halogens is 1. The number of benzene rings is 2. The summed E-state index contributed by atoms with van der Waals surface area (Å²) in [4.78, 5) is 28.0. The van der Waals surface area contributed by atoms with E-state index >= 15 is 0 Å². The van der Waals surface area contributed by atoms with Gasteiger partial charge in [-0.25, -0.2) is 12.8 Å². The SMILES string of the molecule is COC(=O)C(C(=O)OC)C1c2ccc(F)cc2C(N2CCCCC2)CN1S(=O)(=O)c1ccc(C)cc1. The molecule has 10 heteroatoms. The summed E-state index contributed by atoms with van der Waals surface area (Å²) >= 11 is 0. The molecule has 4 rings (SSSR count). The molecule has 1 fully saturated rings. The first kappa shape index (κ1) is 26.2. The Balaban J connectivity index is 1.94. The molecule has 0 radical (unpaired) electrons. The normalized spacial score (nSPS) is 21.1. The highest BCUT2D eigenvalue weighted by Crippen LogP contribution is 2.45. The van der Waals surface area contributed by atoms with Gasteiger partial charge in [0.1, 0.15) is 5.82 Å². The number of nitrogens with zero attached hydrogens (tertiary/aromatic N) is 2. The van der Waals surface area contributed by atoms with E-state index in [0.29, 0.717) is 11.1 Å². The molecule has 2 atom stereocenters. The average molecular weight is 519 g/mol. The van der Waals surface area contributed by atoms with Crippen LogP contribution in [0.5, 0.6) is 0 Å². The fraction of sp³-hybridized carbons (Fsp3) is 0.462. The van der Waals surface area contributed by atoms with Gasteiger partial charge in [0.2, 0.25) is 10.0 Å². The molecule has 2 aromatic carbocycles. The fourth-order valence-electron chi connectivity index (χ4n) is 5.23. The highest BCUT2D eigenvalue weighted by Gasteiger charge is 2.50. The topological polar surface area (TPSA) is 93.2 Å². The second-order valence-electron chi connectivity index (χ2n) is 9.24. The van der Waals surface area contributed by atoms with Gasteiger partial charge in [-0.1, -0.05) is 30.2 Å². The van der Waals surface area contributed by atoms with E-state index in [1.54, 1.807) is 12.1 Å². The van der Waals surface area contributed by atoms with Crippen molar-refractivity contribution >= 4 is 22.0 Å². The Labute approximate surface area is 211 Å². The van der Waals surface area contributed by atoms with E-state index in [1.807, 2.05) is 6.92 Å². The van der Waals surface area contributed by atoms with Gasteiger partial charge in [0.25, 0.3) is 0 Å². The van der Waals surface area contributed by atoms with Crippen LogP contribution in [0.25, 0.3) is 0 Å². The number of likely N-dealkylation sites (tertiary alicyclic amines) is 1. The van der Waals surface area contributed by atoms with Gasteiger partial charge in [0.05, 0.1) is 25.2 Å². The van der Waals surface area contributed by atoms with Crippen LogP contribution < -0.4 is 0 Å². The highest BCUT2D eigenvalue weighted by atomic mass is 32.2. The summed E-state index contributed by atoms with van der Waals surface area (Å²) in [6.07, 6.45) is 2.96. The molecule has 0 aliphatic carbocycles. The Bertz CT molecular complexity index is 1210. The van der Waals surface area contributed by atoms with Gasteiger partial charge in [-0.2, -0.15) is 4.31 Å². The van der Waals surface area contributed by atoms with Crippen molar-refractivity contribution in [2.24, 2.45) is 5.92 Å². The summed E-state index contributed by atoms with van der Waals surface area (Å²) in [6.45, 7) is 3.27. The van der Waals surface area contributed by atoms with Crippen molar-refractivity contribution < 1.29 is 31.9 Å². The maximum Gasteiger partial charge on any atom is 0.322 e. The van der Waals surface area contributed by atoms with Crippen LogP contribution in [0.1, 0.15) is 48.0 Å². The van der Waals surface area contributed by atoms with Crippen molar-refractivity contribution in [1.29, 1.82) is 0 Å². The molecular weight excluding hydrogens is 487 g/mol. The average Bonchev–Trinajstić information content (AvgIpc) is 2.88. The molecule has 1 saturated heterocycles. The molecule has 0 spiro atoms. The van der Waals surface area contributed by atoms with E-state index in [4.69, 9.17) is 9.47 Å². The van der Waals surface area contributed by atoms with Crippen LogP contribution in [0, 0.1) is 18.7 Å². The smallest absolute Gasteiger partial charge is 0.322 e. The summed E-state index contributed by atoms with van der Waals surface area (Å²) < 4.78 is 53.7. The molecule has 0 N–H and O–H groups in total. The quantitative estimate of drug-likeness (QED) is 0.428. The largest absolute Gasteiger partial charge is 0.468 e. The third-order valence-electron chi connectivity index (χ3n) is 7.07. The molecule has 0 bridgehead atoms. The molecule has 0 aromatic heterocycles. The van der Waals surface area contributed by atoms with Gasteiger partial charge >= 0.3 is 11.9 Å². The van der Waals surface area contributed by atoms with Crippen LogP contribution in [0.4, 0.5) is 4.39 Å². The second kappa shape index (κ2) is 10.7. The first-order valence-electron chi connectivity index (χ1n) is 12.0. The minimum Gasteiger partial charge on any atom is -0.468 e. The van der Waals surface area contributed by atoms with Crippen molar-refractivity contribution in [3.05, 3.63) is 65.0 Å². The van der Waals surface area contributed by atoms with Crippen molar-refractivity contribution in [2.45, 2.75) is 43.2 Å². The zero-order chi connectivity index (χ0) is 26.0. The van der Waals surface area contributed by atoms with Crippen LogP contribution in [0.3, 0.4) is 0 Å². The monoisotopic (exact) mass is 518 g/mol. The number of ether oxygens (including phenoxy) is 2. The lowest BCUT2D eigenvalue weighted by Crippen LogP contribution is -2.52.